The molecule has 1 aromatic carbocycles. The second-order valence-corrected chi connectivity index (χ2v) is 5.59. The minimum atomic E-state index is -0.409. The van der Waals surface area contributed by atoms with E-state index in [1.165, 1.54) is 6.07 Å². The van der Waals surface area contributed by atoms with Gasteiger partial charge in [-0.2, -0.15) is 0 Å². The molecule has 6 nitrogen and oxygen atoms in total. The minimum absolute atomic E-state index is 0. The molecule has 0 radical (unpaired) electrons. The van der Waals surface area contributed by atoms with Gasteiger partial charge in [0.1, 0.15) is 6.61 Å². The van der Waals surface area contributed by atoms with E-state index in [1.54, 1.807) is 12.1 Å². The maximum atomic E-state index is 11.0. The molecule has 1 aliphatic rings. The van der Waals surface area contributed by atoms with Crippen molar-refractivity contribution in [3.8, 4) is 5.75 Å². The monoisotopic (exact) mass is 330 g/mol. The SMILES string of the molecule is Cc1ccc([N+](=O)[O-])c(OCCN2CC(C)OC(C)C2)c1.Cl. The zero-order chi connectivity index (χ0) is 15.4. The molecule has 0 amide bonds. The van der Waals surface area contributed by atoms with Crippen LogP contribution in [0.2, 0.25) is 0 Å². The third-order valence-electron chi connectivity index (χ3n) is 3.47. The molecule has 124 valence electrons. The average Bonchev–Trinajstić information content (AvgIpc) is 2.37. The molecule has 1 heterocycles. The van der Waals surface area contributed by atoms with E-state index in [0.29, 0.717) is 12.4 Å². The summed E-state index contributed by atoms with van der Waals surface area (Å²) in [5, 5.41) is 11.0. The quantitative estimate of drug-likeness (QED) is 0.613. The second kappa shape index (κ2) is 8.31. The normalized spacial score (nSPS) is 22.0. The largest absolute Gasteiger partial charge is 0.485 e. The van der Waals surface area contributed by atoms with Crippen LogP contribution in [0.4, 0.5) is 5.69 Å². The standard InChI is InChI=1S/C15H22N2O4.ClH/c1-11-4-5-14(17(18)19)15(8-11)20-7-6-16-9-12(2)21-13(3)10-16;/h4-5,8,12-13H,6-7,9-10H2,1-3H3;1H. The lowest BCUT2D eigenvalue weighted by molar-refractivity contribution is -0.385. The van der Waals surface area contributed by atoms with E-state index >= 15 is 0 Å². The molecular weight excluding hydrogens is 308 g/mol. The zero-order valence-electron chi connectivity index (χ0n) is 13.2. The molecule has 7 heteroatoms. The van der Waals surface area contributed by atoms with Gasteiger partial charge in [0.25, 0.3) is 0 Å². The molecule has 0 bridgehead atoms. The summed E-state index contributed by atoms with van der Waals surface area (Å²) in [7, 11) is 0. The first kappa shape index (κ1) is 18.7. The first-order chi connectivity index (χ1) is 9.95. The van der Waals surface area contributed by atoms with E-state index < -0.39 is 4.92 Å². The van der Waals surface area contributed by atoms with E-state index in [-0.39, 0.29) is 30.3 Å². The molecule has 0 aromatic heterocycles. The van der Waals surface area contributed by atoms with Crippen LogP contribution in [0.15, 0.2) is 18.2 Å². The minimum Gasteiger partial charge on any atom is -0.485 e. The summed E-state index contributed by atoms with van der Waals surface area (Å²) in [5.74, 6) is 0.342. The number of nitro benzene ring substituents is 1. The molecule has 1 fully saturated rings. The third-order valence-corrected chi connectivity index (χ3v) is 3.47. The van der Waals surface area contributed by atoms with Gasteiger partial charge in [0.05, 0.1) is 17.1 Å². The number of aryl methyl sites for hydroxylation is 1. The lowest BCUT2D eigenvalue weighted by Crippen LogP contribution is -2.46. The Balaban J connectivity index is 0.00000242. The summed E-state index contributed by atoms with van der Waals surface area (Å²) < 4.78 is 11.3. The van der Waals surface area contributed by atoms with Gasteiger partial charge in [0, 0.05) is 25.7 Å². The van der Waals surface area contributed by atoms with Crippen molar-refractivity contribution in [3.05, 3.63) is 33.9 Å². The number of benzene rings is 1. The number of hydrogen-bond donors (Lipinski definition) is 0. The number of ether oxygens (including phenoxy) is 2. The van der Waals surface area contributed by atoms with Gasteiger partial charge in [-0.3, -0.25) is 15.0 Å². The summed E-state index contributed by atoms with van der Waals surface area (Å²) in [4.78, 5) is 12.8. The Labute approximate surface area is 137 Å². The van der Waals surface area contributed by atoms with Crippen molar-refractivity contribution in [3.63, 3.8) is 0 Å². The summed E-state index contributed by atoms with van der Waals surface area (Å²) in [5.41, 5.74) is 0.966. The van der Waals surface area contributed by atoms with E-state index in [0.717, 1.165) is 25.2 Å². The highest BCUT2D eigenvalue weighted by molar-refractivity contribution is 5.85. The van der Waals surface area contributed by atoms with Crippen LogP contribution in [-0.4, -0.2) is 48.3 Å². The Hall–Kier alpha value is -1.37. The first-order valence-corrected chi connectivity index (χ1v) is 7.21. The van der Waals surface area contributed by atoms with Crippen LogP contribution in [-0.2, 0) is 4.74 Å². The van der Waals surface area contributed by atoms with Gasteiger partial charge < -0.3 is 9.47 Å². The molecule has 0 aliphatic carbocycles. The van der Waals surface area contributed by atoms with Gasteiger partial charge in [-0.1, -0.05) is 6.07 Å². The molecule has 1 saturated heterocycles. The van der Waals surface area contributed by atoms with Crippen LogP contribution in [0.5, 0.6) is 5.75 Å². The summed E-state index contributed by atoms with van der Waals surface area (Å²) in [6.45, 7) is 8.89. The summed E-state index contributed by atoms with van der Waals surface area (Å²) >= 11 is 0. The van der Waals surface area contributed by atoms with Gasteiger partial charge in [-0.05, 0) is 32.4 Å². The highest BCUT2D eigenvalue weighted by Crippen LogP contribution is 2.27. The van der Waals surface area contributed by atoms with Crippen LogP contribution >= 0.6 is 12.4 Å². The highest BCUT2D eigenvalue weighted by Gasteiger charge is 2.22. The van der Waals surface area contributed by atoms with Crippen molar-refractivity contribution in [2.24, 2.45) is 0 Å². The van der Waals surface area contributed by atoms with Gasteiger partial charge in [0.2, 0.25) is 0 Å². The number of nitrogens with zero attached hydrogens (tertiary/aromatic N) is 2. The number of halogens is 1. The molecule has 2 unspecified atom stereocenters. The van der Waals surface area contributed by atoms with Crippen molar-refractivity contribution in [2.75, 3.05) is 26.2 Å². The number of morpholine rings is 1. The fourth-order valence-corrected chi connectivity index (χ4v) is 2.64. The Kier molecular flexibility index (Phi) is 7.06. The lowest BCUT2D eigenvalue weighted by Gasteiger charge is -2.35. The maximum absolute atomic E-state index is 11.0. The van der Waals surface area contributed by atoms with E-state index in [2.05, 4.69) is 18.7 Å². The first-order valence-electron chi connectivity index (χ1n) is 7.21. The van der Waals surface area contributed by atoms with Crippen LogP contribution < -0.4 is 4.74 Å². The van der Waals surface area contributed by atoms with Crippen LogP contribution in [0.25, 0.3) is 0 Å². The van der Waals surface area contributed by atoms with Crippen molar-refractivity contribution >= 4 is 18.1 Å². The molecule has 2 rings (SSSR count). The maximum Gasteiger partial charge on any atom is 0.310 e. The Morgan fingerprint density at radius 1 is 1.36 bits per heavy atom. The second-order valence-electron chi connectivity index (χ2n) is 5.59. The van der Waals surface area contributed by atoms with Crippen molar-refractivity contribution in [1.29, 1.82) is 0 Å². The van der Waals surface area contributed by atoms with E-state index in [9.17, 15) is 10.1 Å². The van der Waals surface area contributed by atoms with Crippen molar-refractivity contribution < 1.29 is 14.4 Å². The average molecular weight is 331 g/mol. The zero-order valence-corrected chi connectivity index (χ0v) is 14.0. The Morgan fingerprint density at radius 2 is 2.00 bits per heavy atom. The molecule has 1 aliphatic heterocycles. The fourth-order valence-electron chi connectivity index (χ4n) is 2.64. The fraction of sp³-hybridized carbons (Fsp3) is 0.600. The van der Waals surface area contributed by atoms with Crippen molar-refractivity contribution in [1.82, 2.24) is 4.90 Å². The predicted molar refractivity (Wildman–Crippen MR) is 87.0 cm³/mol. The van der Waals surface area contributed by atoms with Gasteiger partial charge in [0.15, 0.2) is 5.75 Å². The van der Waals surface area contributed by atoms with Crippen LogP contribution in [0.3, 0.4) is 0 Å². The Morgan fingerprint density at radius 3 is 2.59 bits per heavy atom. The van der Waals surface area contributed by atoms with Gasteiger partial charge >= 0.3 is 5.69 Å². The van der Waals surface area contributed by atoms with Crippen LogP contribution in [0, 0.1) is 17.0 Å². The van der Waals surface area contributed by atoms with Gasteiger partial charge in [-0.15, -0.1) is 12.4 Å². The molecule has 0 N–H and O–H groups in total. The number of rotatable bonds is 5. The molecular formula is C15H23ClN2O4. The summed E-state index contributed by atoms with van der Waals surface area (Å²) in [6, 6.07) is 4.92. The van der Waals surface area contributed by atoms with Gasteiger partial charge in [-0.25, -0.2) is 0 Å². The number of nitro groups is 1. The van der Waals surface area contributed by atoms with Crippen molar-refractivity contribution in [2.45, 2.75) is 33.0 Å². The molecule has 1 aromatic rings. The topological polar surface area (TPSA) is 64.8 Å². The third kappa shape index (κ3) is 5.12. The van der Waals surface area contributed by atoms with E-state index in [1.807, 2.05) is 6.92 Å². The molecule has 0 spiro atoms. The smallest absolute Gasteiger partial charge is 0.310 e. The highest BCUT2D eigenvalue weighted by atomic mass is 35.5. The molecule has 22 heavy (non-hydrogen) atoms. The van der Waals surface area contributed by atoms with E-state index in [4.69, 9.17) is 9.47 Å². The predicted octanol–water partition coefficient (Wildman–Crippen LogP) is 2.81. The molecule has 0 saturated carbocycles. The lowest BCUT2D eigenvalue weighted by atomic mass is 10.2. The summed E-state index contributed by atoms with van der Waals surface area (Å²) in [6.07, 6.45) is 0.420. The Bertz CT molecular complexity index is 502. The van der Waals surface area contributed by atoms with Crippen LogP contribution in [0.1, 0.15) is 19.4 Å². The number of hydrogen-bond acceptors (Lipinski definition) is 5. The molecule has 2 atom stereocenters.